The smallest absolute Gasteiger partial charge is 0.235 e. The Morgan fingerprint density at radius 1 is 1.40 bits per heavy atom. The number of pyridine rings is 1. The lowest BCUT2D eigenvalue weighted by atomic mass is 10.4. The van der Waals surface area contributed by atoms with E-state index < -0.39 is 15.3 Å². The topological polar surface area (TPSA) is 68.3 Å². The van der Waals surface area contributed by atoms with Gasteiger partial charge in [0.1, 0.15) is 0 Å². The number of nitrogens with zero attached hydrogens (tertiary/aromatic N) is 1. The Bertz CT molecular complexity index is 411. The second-order valence-corrected chi connectivity index (χ2v) is 5.52. The molecular formula is C9H14N2O3S. The quantitative estimate of drug-likeness (QED) is 0.845. The van der Waals surface area contributed by atoms with E-state index in [-0.39, 0.29) is 0 Å². The molecule has 0 atom stereocenters. The highest BCUT2D eigenvalue weighted by molar-refractivity contribution is 7.93. The van der Waals surface area contributed by atoms with Crippen molar-refractivity contribution >= 4 is 15.7 Å². The van der Waals surface area contributed by atoms with Gasteiger partial charge in [0.15, 0.2) is 0 Å². The van der Waals surface area contributed by atoms with Gasteiger partial charge in [-0.2, -0.15) is 0 Å². The summed E-state index contributed by atoms with van der Waals surface area (Å²) in [6.07, 6.45) is 1.42. The standard InChI is InChI=1S/C9H14N2O3S/c1-7(2)15(12,13)11-8-4-5-9(14-3)10-6-8/h4-7,11H,1-3H3. The van der Waals surface area contributed by atoms with Crippen molar-refractivity contribution in [1.29, 1.82) is 0 Å². The maximum absolute atomic E-state index is 11.5. The fraction of sp³-hybridized carbons (Fsp3) is 0.444. The Hall–Kier alpha value is -1.30. The molecule has 1 heterocycles. The first-order chi connectivity index (χ1) is 6.95. The first-order valence-electron chi connectivity index (χ1n) is 4.47. The number of rotatable bonds is 4. The van der Waals surface area contributed by atoms with Gasteiger partial charge < -0.3 is 4.74 Å². The minimum absolute atomic E-state index is 0.435. The second kappa shape index (κ2) is 4.48. The van der Waals surface area contributed by atoms with Gasteiger partial charge in [-0.3, -0.25) is 4.72 Å². The molecule has 84 valence electrons. The Morgan fingerprint density at radius 2 is 2.07 bits per heavy atom. The molecule has 0 saturated carbocycles. The van der Waals surface area contributed by atoms with E-state index in [1.165, 1.54) is 13.3 Å². The molecule has 0 spiro atoms. The predicted molar refractivity (Wildman–Crippen MR) is 58.5 cm³/mol. The van der Waals surface area contributed by atoms with Crippen LogP contribution in [0.2, 0.25) is 0 Å². The SMILES string of the molecule is COc1ccc(NS(=O)(=O)C(C)C)cn1. The van der Waals surface area contributed by atoms with Crippen LogP contribution in [0.3, 0.4) is 0 Å². The van der Waals surface area contributed by atoms with Crippen LogP contribution in [0.5, 0.6) is 5.88 Å². The van der Waals surface area contributed by atoms with Gasteiger partial charge in [-0.15, -0.1) is 0 Å². The molecule has 15 heavy (non-hydrogen) atoms. The van der Waals surface area contributed by atoms with Crippen LogP contribution < -0.4 is 9.46 Å². The number of sulfonamides is 1. The van der Waals surface area contributed by atoms with E-state index >= 15 is 0 Å². The van der Waals surface area contributed by atoms with Crippen LogP contribution in [0.15, 0.2) is 18.3 Å². The molecule has 0 aliphatic rings. The summed E-state index contributed by atoms with van der Waals surface area (Å²) < 4.78 is 30.2. The van der Waals surface area contributed by atoms with Gasteiger partial charge in [-0.05, 0) is 19.9 Å². The number of anilines is 1. The highest BCUT2D eigenvalue weighted by Gasteiger charge is 2.15. The largest absolute Gasteiger partial charge is 0.481 e. The number of methoxy groups -OCH3 is 1. The normalized spacial score (nSPS) is 11.5. The first kappa shape index (κ1) is 11.8. The Labute approximate surface area is 89.5 Å². The minimum Gasteiger partial charge on any atom is -0.481 e. The zero-order chi connectivity index (χ0) is 11.5. The van der Waals surface area contributed by atoms with Crippen molar-refractivity contribution in [2.24, 2.45) is 0 Å². The van der Waals surface area contributed by atoms with E-state index in [0.29, 0.717) is 11.6 Å². The van der Waals surface area contributed by atoms with Crippen molar-refractivity contribution in [1.82, 2.24) is 4.98 Å². The molecule has 0 radical (unpaired) electrons. The maximum Gasteiger partial charge on any atom is 0.235 e. The van der Waals surface area contributed by atoms with E-state index in [1.54, 1.807) is 26.0 Å². The van der Waals surface area contributed by atoms with Gasteiger partial charge in [-0.25, -0.2) is 13.4 Å². The van der Waals surface area contributed by atoms with Crippen molar-refractivity contribution in [2.75, 3.05) is 11.8 Å². The van der Waals surface area contributed by atoms with E-state index in [0.717, 1.165) is 0 Å². The number of hydrogen-bond acceptors (Lipinski definition) is 4. The molecule has 0 saturated heterocycles. The lowest BCUT2D eigenvalue weighted by Gasteiger charge is -2.10. The molecule has 1 N–H and O–H groups in total. The molecule has 0 aliphatic heterocycles. The summed E-state index contributed by atoms with van der Waals surface area (Å²) in [5.74, 6) is 0.447. The summed E-state index contributed by atoms with van der Waals surface area (Å²) in [6.45, 7) is 3.22. The van der Waals surface area contributed by atoms with Crippen LogP contribution in [-0.4, -0.2) is 25.8 Å². The molecule has 6 heteroatoms. The third-order valence-corrected chi connectivity index (χ3v) is 3.59. The van der Waals surface area contributed by atoms with Crippen molar-refractivity contribution in [3.8, 4) is 5.88 Å². The summed E-state index contributed by atoms with van der Waals surface area (Å²) in [5, 5.41) is -0.473. The van der Waals surface area contributed by atoms with E-state index in [4.69, 9.17) is 4.74 Å². The molecular weight excluding hydrogens is 216 g/mol. The van der Waals surface area contributed by atoms with Gasteiger partial charge in [0.2, 0.25) is 15.9 Å². The fourth-order valence-electron chi connectivity index (χ4n) is 0.844. The van der Waals surface area contributed by atoms with Crippen LogP contribution in [0.1, 0.15) is 13.8 Å². The molecule has 0 unspecified atom stereocenters. The van der Waals surface area contributed by atoms with Crippen LogP contribution in [0, 0.1) is 0 Å². The number of ether oxygens (including phenoxy) is 1. The summed E-state index contributed by atoms with van der Waals surface area (Å²) in [6, 6.07) is 3.20. The molecule has 5 nitrogen and oxygen atoms in total. The number of aromatic nitrogens is 1. The minimum atomic E-state index is -3.30. The first-order valence-corrected chi connectivity index (χ1v) is 6.02. The zero-order valence-electron chi connectivity index (χ0n) is 8.89. The lowest BCUT2D eigenvalue weighted by Crippen LogP contribution is -2.22. The second-order valence-electron chi connectivity index (χ2n) is 3.29. The molecule has 0 fully saturated rings. The third kappa shape index (κ3) is 3.09. The van der Waals surface area contributed by atoms with Crippen molar-refractivity contribution in [2.45, 2.75) is 19.1 Å². The van der Waals surface area contributed by atoms with Crippen molar-refractivity contribution in [3.05, 3.63) is 18.3 Å². The molecule has 0 bridgehead atoms. The van der Waals surface area contributed by atoms with Gasteiger partial charge in [0.25, 0.3) is 0 Å². The molecule has 0 aliphatic carbocycles. The molecule has 0 amide bonds. The van der Waals surface area contributed by atoms with Crippen LogP contribution in [-0.2, 0) is 10.0 Å². The van der Waals surface area contributed by atoms with Crippen molar-refractivity contribution in [3.63, 3.8) is 0 Å². The molecule has 1 rings (SSSR count). The highest BCUT2D eigenvalue weighted by atomic mass is 32.2. The zero-order valence-corrected chi connectivity index (χ0v) is 9.71. The number of hydrogen-bond donors (Lipinski definition) is 1. The van der Waals surface area contributed by atoms with Gasteiger partial charge in [0, 0.05) is 6.07 Å². The fourth-order valence-corrected chi connectivity index (χ4v) is 1.53. The molecule has 1 aromatic rings. The van der Waals surface area contributed by atoms with Gasteiger partial charge >= 0.3 is 0 Å². The lowest BCUT2D eigenvalue weighted by molar-refractivity contribution is 0.398. The van der Waals surface area contributed by atoms with Gasteiger partial charge in [-0.1, -0.05) is 0 Å². The Morgan fingerprint density at radius 3 is 2.47 bits per heavy atom. The third-order valence-electron chi connectivity index (χ3n) is 1.83. The summed E-state index contributed by atoms with van der Waals surface area (Å²) in [5.41, 5.74) is 0.435. The van der Waals surface area contributed by atoms with Crippen LogP contribution >= 0.6 is 0 Å². The molecule has 1 aromatic heterocycles. The van der Waals surface area contributed by atoms with Crippen LogP contribution in [0.25, 0.3) is 0 Å². The van der Waals surface area contributed by atoms with Crippen LogP contribution in [0.4, 0.5) is 5.69 Å². The predicted octanol–water partition coefficient (Wildman–Crippen LogP) is 1.24. The average Bonchev–Trinajstić information content (AvgIpc) is 2.18. The van der Waals surface area contributed by atoms with E-state index in [2.05, 4.69) is 9.71 Å². The summed E-state index contributed by atoms with van der Waals surface area (Å²) in [7, 11) is -1.80. The monoisotopic (exact) mass is 230 g/mol. The highest BCUT2D eigenvalue weighted by Crippen LogP contribution is 2.13. The van der Waals surface area contributed by atoms with E-state index in [1.807, 2.05) is 0 Å². The Kier molecular flexibility index (Phi) is 3.52. The summed E-state index contributed by atoms with van der Waals surface area (Å²) >= 11 is 0. The average molecular weight is 230 g/mol. The maximum atomic E-state index is 11.5. The van der Waals surface area contributed by atoms with Gasteiger partial charge in [0.05, 0.1) is 24.2 Å². The Balaban J connectivity index is 2.82. The van der Waals surface area contributed by atoms with E-state index in [9.17, 15) is 8.42 Å². The summed E-state index contributed by atoms with van der Waals surface area (Å²) in [4.78, 5) is 3.89. The van der Waals surface area contributed by atoms with Crippen molar-refractivity contribution < 1.29 is 13.2 Å². The number of nitrogens with one attached hydrogen (secondary N) is 1. The molecule has 0 aromatic carbocycles.